The molecule has 0 bridgehead atoms. The molecule has 1 aromatic carbocycles. The van der Waals surface area contributed by atoms with E-state index in [9.17, 15) is 0 Å². The van der Waals surface area contributed by atoms with Crippen molar-refractivity contribution < 1.29 is 4.74 Å². The molecule has 1 fully saturated rings. The third-order valence-electron chi connectivity index (χ3n) is 3.60. The van der Waals surface area contributed by atoms with E-state index in [4.69, 9.17) is 22.1 Å². The topological polar surface area (TPSA) is 38.5 Å². The molecule has 1 saturated heterocycles. The molecule has 0 aromatic heterocycles. The highest BCUT2D eigenvalue weighted by Crippen LogP contribution is 2.30. The smallest absolute Gasteiger partial charge is 0.137 e. The number of nitrogens with two attached hydrogens (primary N) is 1. The van der Waals surface area contributed by atoms with Crippen molar-refractivity contribution in [2.24, 2.45) is 11.7 Å². The molecule has 1 heterocycles. The molecular weight excluding hydrogens is 248 g/mol. The maximum Gasteiger partial charge on any atom is 0.137 e. The molecule has 1 aliphatic rings. The van der Waals surface area contributed by atoms with Crippen LogP contribution in [0, 0.1) is 5.92 Å². The molecule has 2 N–H and O–H groups in total. The van der Waals surface area contributed by atoms with Gasteiger partial charge in [0, 0.05) is 18.8 Å². The highest BCUT2D eigenvalue weighted by atomic mass is 35.5. The molecular formula is C14H21ClN2O. The summed E-state index contributed by atoms with van der Waals surface area (Å²) >= 11 is 6.18. The number of benzene rings is 1. The van der Waals surface area contributed by atoms with Crippen molar-refractivity contribution in [1.29, 1.82) is 0 Å². The predicted molar refractivity (Wildman–Crippen MR) is 76.6 cm³/mol. The van der Waals surface area contributed by atoms with Crippen LogP contribution < -0.4 is 15.4 Å². The molecule has 2 rings (SSSR count). The summed E-state index contributed by atoms with van der Waals surface area (Å²) < 4.78 is 5.18. The summed E-state index contributed by atoms with van der Waals surface area (Å²) in [7, 11) is 1.64. The second-order valence-electron chi connectivity index (χ2n) is 4.86. The minimum Gasteiger partial charge on any atom is -0.495 e. The second-order valence-corrected chi connectivity index (χ2v) is 5.27. The summed E-state index contributed by atoms with van der Waals surface area (Å²) in [5.74, 6) is 1.32. The molecule has 1 unspecified atom stereocenters. The van der Waals surface area contributed by atoms with Crippen LogP contribution in [0.5, 0.6) is 5.75 Å². The van der Waals surface area contributed by atoms with Gasteiger partial charge in [0.25, 0.3) is 0 Å². The van der Waals surface area contributed by atoms with Crippen molar-refractivity contribution >= 4 is 17.3 Å². The van der Waals surface area contributed by atoms with E-state index in [1.807, 2.05) is 12.1 Å². The van der Waals surface area contributed by atoms with Crippen LogP contribution in [0.2, 0.25) is 5.02 Å². The normalized spacial score (nSPS) is 20.6. The van der Waals surface area contributed by atoms with Gasteiger partial charge in [0.15, 0.2) is 0 Å². The van der Waals surface area contributed by atoms with Crippen molar-refractivity contribution in [2.45, 2.75) is 19.3 Å². The molecule has 0 spiro atoms. The zero-order valence-corrected chi connectivity index (χ0v) is 11.6. The van der Waals surface area contributed by atoms with Crippen LogP contribution in [0.15, 0.2) is 18.2 Å². The molecule has 0 saturated carbocycles. The van der Waals surface area contributed by atoms with Crippen molar-refractivity contribution in [3.63, 3.8) is 0 Å². The van der Waals surface area contributed by atoms with Crippen molar-refractivity contribution in [3.8, 4) is 5.75 Å². The fraction of sp³-hybridized carbons (Fsp3) is 0.571. The Morgan fingerprint density at radius 2 is 2.28 bits per heavy atom. The lowest BCUT2D eigenvalue weighted by molar-refractivity contribution is 0.415. The van der Waals surface area contributed by atoms with E-state index in [0.717, 1.165) is 25.4 Å². The largest absolute Gasteiger partial charge is 0.495 e. The quantitative estimate of drug-likeness (QED) is 0.916. The van der Waals surface area contributed by atoms with Crippen LogP contribution >= 0.6 is 11.6 Å². The van der Waals surface area contributed by atoms with Gasteiger partial charge < -0.3 is 15.4 Å². The second kappa shape index (κ2) is 6.30. The van der Waals surface area contributed by atoms with Gasteiger partial charge in [-0.1, -0.05) is 18.0 Å². The molecule has 4 heteroatoms. The van der Waals surface area contributed by atoms with Gasteiger partial charge in [-0.3, -0.25) is 0 Å². The standard InChI is InChI=1S/C14H21ClN2O/c1-18-14-6-5-12(8-13(14)15)17-7-3-2-4-11(9-16)10-17/h5-6,8,11H,2-4,7,9-10,16H2,1H3. The Hall–Kier alpha value is -0.930. The lowest BCUT2D eigenvalue weighted by atomic mass is 10.0. The number of nitrogens with zero attached hydrogens (tertiary/aromatic N) is 1. The van der Waals surface area contributed by atoms with Crippen molar-refractivity contribution in [2.75, 3.05) is 31.6 Å². The highest BCUT2D eigenvalue weighted by Gasteiger charge is 2.18. The van der Waals surface area contributed by atoms with Gasteiger partial charge in [-0.15, -0.1) is 0 Å². The minimum absolute atomic E-state index is 0.591. The van der Waals surface area contributed by atoms with Crippen molar-refractivity contribution in [3.05, 3.63) is 23.2 Å². The van der Waals surface area contributed by atoms with Gasteiger partial charge in [0.2, 0.25) is 0 Å². The summed E-state index contributed by atoms with van der Waals surface area (Å²) in [6, 6.07) is 5.99. The first-order valence-electron chi connectivity index (χ1n) is 6.53. The van der Waals surface area contributed by atoms with E-state index in [-0.39, 0.29) is 0 Å². The fourth-order valence-electron chi connectivity index (χ4n) is 2.51. The average Bonchev–Trinajstić information content (AvgIpc) is 2.64. The Kier molecular flexibility index (Phi) is 4.72. The van der Waals surface area contributed by atoms with E-state index >= 15 is 0 Å². The first kappa shape index (κ1) is 13.5. The lowest BCUT2D eigenvalue weighted by Gasteiger charge is -2.26. The average molecular weight is 269 g/mol. The van der Waals surface area contributed by atoms with Crippen LogP contribution in [0.4, 0.5) is 5.69 Å². The SMILES string of the molecule is COc1ccc(N2CCCCC(CN)C2)cc1Cl. The van der Waals surface area contributed by atoms with E-state index in [1.54, 1.807) is 7.11 Å². The van der Waals surface area contributed by atoms with Gasteiger partial charge >= 0.3 is 0 Å². The fourth-order valence-corrected chi connectivity index (χ4v) is 2.76. The first-order valence-corrected chi connectivity index (χ1v) is 6.91. The van der Waals surface area contributed by atoms with Gasteiger partial charge in [-0.25, -0.2) is 0 Å². The number of rotatable bonds is 3. The summed E-state index contributed by atoms with van der Waals surface area (Å²) in [5, 5.41) is 0.670. The Bertz CT molecular complexity index is 397. The zero-order valence-electron chi connectivity index (χ0n) is 10.9. The van der Waals surface area contributed by atoms with Crippen LogP contribution in [0.25, 0.3) is 0 Å². The minimum atomic E-state index is 0.591. The Morgan fingerprint density at radius 1 is 1.44 bits per heavy atom. The predicted octanol–water partition coefficient (Wildman–Crippen LogP) is 2.91. The molecule has 3 nitrogen and oxygen atoms in total. The van der Waals surface area contributed by atoms with Crippen LogP contribution in [0.3, 0.4) is 0 Å². The van der Waals surface area contributed by atoms with E-state index < -0.39 is 0 Å². The molecule has 1 aliphatic heterocycles. The first-order chi connectivity index (χ1) is 8.74. The number of hydrogen-bond donors (Lipinski definition) is 1. The molecule has 0 amide bonds. The lowest BCUT2D eigenvalue weighted by Crippen LogP contribution is -2.31. The Morgan fingerprint density at radius 3 is 2.94 bits per heavy atom. The molecule has 1 aromatic rings. The maximum absolute atomic E-state index is 6.18. The number of anilines is 1. The summed E-state index contributed by atoms with van der Waals surface area (Å²) in [5.41, 5.74) is 6.98. The third-order valence-corrected chi connectivity index (χ3v) is 3.90. The monoisotopic (exact) mass is 268 g/mol. The highest BCUT2D eigenvalue weighted by molar-refractivity contribution is 6.32. The summed E-state index contributed by atoms with van der Waals surface area (Å²) in [6.45, 7) is 2.87. The number of methoxy groups -OCH3 is 1. The Balaban J connectivity index is 2.16. The Labute approximate surface area is 114 Å². The van der Waals surface area contributed by atoms with Gasteiger partial charge in [0.05, 0.1) is 12.1 Å². The zero-order chi connectivity index (χ0) is 13.0. The molecule has 100 valence electrons. The van der Waals surface area contributed by atoms with Gasteiger partial charge in [0.1, 0.15) is 5.75 Å². The van der Waals surface area contributed by atoms with Crippen LogP contribution in [0.1, 0.15) is 19.3 Å². The number of halogens is 1. The summed E-state index contributed by atoms with van der Waals surface area (Å²) in [6.07, 6.45) is 3.72. The number of ether oxygens (including phenoxy) is 1. The molecule has 1 atom stereocenters. The molecule has 0 radical (unpaired) electrons. The van der Waals surface area contributed by atoms with E-state index in [2.05, 4.69) is 11.0 Å². The van der Waals surface area contributed by atoms with E-state index in [0.29, 0.717) is 10.9 Å². The van der Waals surface area contributed by atoms with Crippen molar-refractivity contribution in [1.82, 2.24) is 0 Å². The van der Waals surface area contributed by atoms with Gasteiger partial charge in [-0.2, -0.15) is 0 Å². The molecule has 0 aliphatic carbocycles. The summed E-state index contributed by atoms with van der Waals surface area (Å²) in [4.78, 5) is 2.38. The van der Waals surface area contributed by atoms with Gasteiger partial charge in [-0.05, 0) is 43.5 Å². The maximum atomic E-state index is 6.18. The van der Waals surface area contributed by atoms with Crippen LogP contribution in [-0.2, 0) is 0 Å². The van der Waals surface area contributed by atoms with E-state index in [1.165, 1.54) is 24.9 Å². The number of hydrogen-bond acceptors (Lipinski definition) is 3. The van der Waals surface area contributed by atoms with Crippen LogP contribution in [-0.4, -0.2) is 26.7 Å². The molecule has 18 heavy (non-hydrogen) atoms. The third kappa shape index (κ3) is 3.09.